The van der Waals surface area contributed by atoms with E-state index in [1.807, 2.05) is 0 Å². The molecule has 1 aliphatic rings. The fourth-order valence-corrected chi connectivity index (χ4v) is 5.42. The maximum absolute atomic E-state index is 13.2. The van der Waals surface area contributed by atoms with E-state index in [0.29, 0.717) is 16.6 Å². The van der Waals surface area contributed by atoms with E-state index in [0.717, 1.165) is 25.7 Å². The highest BCUT2D eigenvalue weighted by Crippen LogP contribution is 2.35. The second kappa shape index (κ2) is 12.0. The first-order chi connectivity index (χ1) is 17.3. The Bertz CT molecular complexity index is 1270. The van der Waals surface area contributed by atoms with Gasteiger partial charge in [0.15, 0.2) is 5.75 Å². The molecule has 5 N–H and O–H groups in total. The van der Waals surface area contributed by atoms with Gasteiger partial charge in [-0.3, -0.25) is 9.59 Å². The number of carbonyl (C=O) groups is 1. The van der Waals surface area contributed by atoms with E-state index in [1.54, 1.807) is 18.2 Å². The average molecular weight is 530 g/mol. The SMILES string of the molecule is Nc1c(Cl)cc(-c2[nH]c3cc(C(=O)NC4CCCCCCCCCCC4)ccc3c(=O)c2O)cc1Cl. The normalized spacial score (nSPS) is 16.3. The number of aromatic hydroxyl groups is 1. The molecule has 192 valence electrons. The summed E-state index contributed by atoms with van der Waals surface area (Å²) in [6.07, 6.45) is 13.1. The number of halogens is 2. The molecule has 1 fully saturated rings. The van der Waals surface area contributed by atoms with Crippen LogP contribution in [0.15, 0.2) is 35.1 Å². The van der Waals surface area contributed by atoms with Crippen LogP contribution in [0, 0.1) is 0 Å². The third-order valence-corrected chi connectivity index (χ3v) is 7.67. The van der Waals surface area contributed by atoms with Crippen LogP contribution in [0.4, 0.5) is 5.69 Å². The topological polar surface area (TPSA) is 108 Å². The summed E-state index contributed by atoms with van der Waals surface area (Å²) in [6.45, 7) is 0. The molecule has 0 atom stereocenters. The molecule has 0 radical (unpaired) electrons. The lowest BCUT2D eigenvalue weighted by atomic mass is 9.97. The number of amides is 1. The van der Waals surface area contributed by atoms with Crippen LogP contribution >= 0.6 is 23.2 Å². The van der Waals surface area contributed by atoms with Crippen molar-refractivity contribution in [2.45, 2.75) is 76.7 Å². The molecule has 1 aliphatic carbocycles. The lowest BCUT2D eigenvalue weighted by Crippen LogP contribution is -2.35. The monoisotopic (exact) mass is 529 g/mol. The van der Waals surface area contributed by atoms with Gasteiger partial charge in [0.05, 0.1) is 26.9 Å². The van der Waals surface area contributed by atoms with Crippen molar-refractivity contribution in [3.05, 3.63) is 56.2 Å². The van der Waals surface area contributed by atoms with Gasteiger partial charge in [-0.05, 0) is 43.2 Å². The lowest BCUT2D eigenvalue weighted by molar-refractivity contribution is 0.0931. The Morgan fingerprint density at radius 2 is 1.47 bits per heavy atom. The molecule has 8 heteroatoms. The van der Waals surface area contributed by atoms with Crippen LogP contribution < -0.4 is 16.5 Å². The van der Waals surface area contributed by atoms with Crippen molar-refractivity contribution in [1.29, 1.82) is 0 Å². The quantitative estimate of drug-likeness (QED) is 0.269. The number of H-pyrrole nitrogens is 1. The Hall–Kier alpha value is -2.70. The summed E-state index contributed by atoms with van der Waals surface area (Å²) < 4.78 is 0. The second-order valence-corrected chi connectivity index (χ2v) is 10.5. The van der Waals surface area contributed by atoms with Crippen LogP contribution in [0.5, 0.6) is 5.75 Å². The number of nitrogen functional groups attached to an aromatic ring is 1. The molecule has 6 nitrogen and oxygen atoms in total. The minimum atomic E-state index is -0.547. The number of anilines is 1. The van der Waals surface area contributed by atoms with Gasteiger partial charge in [-0.1, -0.05) is 81.0 Å². The predicted octanol–water partition coefficient (Wildman–Crippen LogP) is 7.19. The summed E-state index contributed by atoms with van der Waals surface area (Å²) in [5, 5.41) is 14.5. The van der Waals surface area contributed by atoms with Crippen molar-refractivity contribution in [2.75, 3.05) is 5.73 Å². The summed E-state index contributed by atoms with van der Waals surface area (Å²) in [5.74, 6) is -0.618. The molecule has 0 saturated heterocycles. The fourth-order valence-electron chi connectivity index (χ4n) is 4.94. The molecule has 2 aromatic carbocycles. The highest BCUT2D eigenvalue weighted by atomic mass is 35.5. The van der Waals surface area contributed by atoms with Gasteiger partial charge < -0.3 is 21.1 Å². The smallest absolute Gasteiger partial charge is 0.251 e. The van der Waals surface area contributed by atoms with E-state index in [1.165, 1.54) is 57.1 Å². The molecule has 4 rings (SSSR count). The van der Waals surface area contributed by atoms with Crippen molar-refractivity contribution in [3.63, 3.8) is 0 Å². The minimum Gasteiger partial charge on any atom is -0.503 e. The number of fused-ring (bicyclic) bond motifs is 1. The number of aromatic nitrogens is 1. The Labute approximate surface area is 221 Å². The van der Waals surface area contributed by atoms with Gasteiger partial charge in [0.2, 0.25) is 5.43 Å². The molecule has 0 aliphatic heterocycles. The molecule has 0 unspecified atom stereocenters. The van der Waals surface area contributed by atoms with Gasteiger partial charge in [0.1, 0.15) is 0 Å². The average Bonchev–Trinajstić information content (AvgIpc) is 2.85. The van der Waals surface area contributed by atoms with Crippen LogP contribution in [-0.2, 0) is 0 Å². The lowest BCUT2D eigenvalue weighted by Gasteiger charge is -2.20. The zero-order chi connectivity index (χ0) is 25.7. The Morgan fingerprint density at radius 3 is 2.06 bits per heavy atom. The Kier molecular flexibility index (Phi) is 8.81. The maximum Gasteiger partial charge on any atom is 0.251 e. The van der Waals surface area contributed by atoms with Crippen LogP contribution in [0.1, 0.15) is 81.0 Å². The van der Waals surface area contributed by atoms with Gasteiger partial charge in [0.25, 0.3) is 5.91 Å². The highest BCUT2D eigenvalue weighted by Gasteiger charge is 2.18. The number of nitrogens with two attached hydrogens (primary N) is 1. The van der Waals surface area contributed by atoms with Crippen molar-refractivity contribution < 1.29 is 9.90 Å². The molecule has 0 spiro atoms. The molecule has 36 heavy (non-hydrogen) atoms. The maximum atomic E-state index is 13.2. The zero-order valence-corrected chi connectivity index (χ0v) is 21.9. The summed E-state index contributed by atoms with van der Waals surface area (Å²) in [4.78, 5) is 29.1. The molecule has 3 aromatic rings. The summed E-state index contributed by atoms with van der Waals surface area (Å²) in [5.41, 5.74) is 6.96. The van der Waals surface area contributed by atoms with Gasteiger partial charge in [-0.15, -0.1) is 0 Å². The van der Waals surface area contributed by atoms with E-state index < -0.39 is 11.2 Å². The first kappa shape index (κ1) is 26.4. The molecule has 0 bridgehead atoms. The Morgan fingerprint density at radius 1 is 0.917 bits per heavy atom. The van der Waals surface area contributed by atoms with Crippen LogP contribution in [0.25, 0.3) is 22.2 Å². The van der Waals surface area contributed by atoms with Gasteiger partial charge in [0, 0.05) is 22.6 Å². The van der Waals surface area contributed by atoms with E-state index in [9.17, 15) is 14.7 Å². The molecule has 1 saturated carbocycles. The molecule has 1 amide bonds. The summed E-state index contributed by atoms with van der Waals surface area (Å²) >= 11 is 12.3. The van der Waals surface area contributed by atoms with Crippen molar-refractivity contribution in [1.82, 2.24) is 10.3 Å². The van der Waals surface area contributed by atoms with Gasteiger partial charge in [-0.2, -0.15) is 0 Å². The number of rotatable bonds is 3. The third kappa shape index (κ3) is 6.16. The number of nitrogens with one attached hydrogen (secondary N) is 2. The number of hydrogen-bond acceptors (Lipinski definition) is 4. The molecule has 1 aromatic heterocycles. The predicted molar refractivity (Wildman–Crippen MR) is 148 cm³/mol. The largest absolute Gasteiger partial charge is 0.503 e. The number of pyridine rings is 1. The van der Waals surface area contributed by atoms with Crippen LogP contribution in [0.3, 0.4) is 0 Å². The first-order valence-electron chi connectivity index (χ1n) is 12.8. The summed E-state index contributed by atoms with van der Waals surface area (Å²) in [7, 11) is 0. The molecule has 1 heterocycles. The zero-order valence-electron chi connectivity index (χ0n) is 20.3. The number of hydrogen-bond donors (Lipinski definition) is 4. The number of aromatic amines is 1. The Balaban J connectivity index is 1.59. The van der Waals surface area contributed by atoms with Crippen molar-refractivity contribution >= 4 is 45.7 Å². The van der Waals surface area contributed by atoms with Gasteiger partial charge >= 0.3 is 0 Å². The highest BCUT2D eigenvalue weighted by molar-refractivity contribution is 6.39. The number of carbonyl (C=O) groups excluding carboxylic acids is 1. The second-order valence-electron chi connectivity index (χ2n) is 9.72. The van der Waals surface area contributed by atoms with Crippen molar-refractivity contribution in [3.8, 4) is 17.0 Å². The van der Waals surface area contributed by atoms with E-state index >= 15 is 0 Å². The summed E-state index contributed by atoms with van der Waals surface area (Å²) in [6, 6.07) is 8.03. The number of benzene rings is 2. The van der Waals surface area contributed by atoms with Crippen LogP contribution in [-0.4, -0.2) is 22.0 Å². The fraction of sp³-hybridized carbons (Fsp3) is 0.429. The van der Waals surface area contributed by atoms with Crippen molar-refractivity contribution in [2.24, 2.45) is 0 Å². The van der Waals surface area contributed by atoms with Crippen LogP contribution in [0.2, 0.25) is 10.0 Å². The van der Waals surface area contributed by atoms with Gasteiger partial charge in [-0.25, -0.2) is 0 Å². The van der Waals surface area contributed by atoms with E-state index in [2.05, 4.69) is 10.3 Å². The minimum absolute atomic E-state index is 0.140. The van der Waals surface area contributed by atoms with E-state index in [4.69, 9.17) is 28.9 Å². The van der Waals surface area contributed by atoms with E-state index in [-0.39, 0.29) is 38.8 Å². The standard InChI is InChI=1S/C28H33Cl2N3O3/c29-21-14-18(15-22(30)24(21)31)25-27(35)26(34)20-13-12-17(16-23(20)33-25)28(36)32-19-10-8-6-4-2-1-3-5-7-9-11-19/h12-16,19,35H,1-11,31H2,(H,32,36)(H,33,34). The third-order valence-electron chi connectivity index (χ3n) is 7.05. The molecular weight excluding hydrogens is 497 g/mol. The molecular formula is C28H33Cl2N3O3. The first-order valence-corrected chi connectivity index (χ1v) is 13.6.